The van der Waals surface area contributed by atoms with Crippen LogP contribution in [0.25, 0.3) is 11.1 Å². The number of alkyl carbamates (subject to hydrolysis) is 1. The Morgan fingerprint density at radius 1 is 1.06 bits per heavy atom. The molecule has 2 aliphatic rings. The van der Waals surface area contributed by atoms with Gasteiger partial charge >= 0.3 is 12.1 Å². The lowest BCUT2D eigenvalue weighted by Crippen LogP contribution is -2.30. The number of ether oxygens (including phenoxy) is 1. The predicted octanol–water partition coefficient (Wildman–Crippen LogP) is 4.65. The molecule has 2 N–H and O–H groups in total. The van der Waals surface area contributed by atoms with Crippen LogP contribution in [0.4, 0.5) is 4.79 Å². The lowest BCUT2D eigenvalue weighted by atomic mass is 9.98. The van der Waals surface area contributed by atoms with Gasteiger partial charge in [-0.3, -0.25) is 9.59 Å². The Hall–Kier alpha value is -3.35. The Labute approximate surface area is 206 Å². The van der Waals surface area contributed by atoms with Gasteiger partial charge in [0.05, 0.1) is 0 Å². The molecule has 0 radical (unpaired) electrons. The summed E-state index contributed by atoms with van der Waals surface area (Å²) >= 11 is 0. The number of aliphatic carboxylic acids is 1. The second-order valence-corrected chi connectivity index (χ2v) is 9.78. The van der Waals surface area contributed by atoms with Crippen LogP contribution in [0.5, 0.6) is 0 Å². The molecule has 2 unspecified atom stereocenters. The van der Waals surface area contributed by atoms with Gasteiger partial charge in [0.1, 0.15) is 6.61 Å². The number of likely N-dealkylation sites (tertiary alicyclic amines) is 1. The first kappa shape index (κ1) is 24.8. The van der Waals surface area contributed by atoms with Crippen molar-refractivity contribution in [2.24, 2.45) is 11.8 Å². The van der Waals surface area contributed by atoms with Gasteiger partial charge in [0, 0.05) is 38.4 Å². The van der Waals surface area contributed by atoms with Crippen molar-refractivity contribution in [3.63, 3.8) is 0 Å². The van der Waals surface area contributed by atoms with Crippen LogP contribution in [-0.4, -0.2) is 54.2 Å². The minimum Gasteiger partial charge on any atom is -0.481 e. The normalized spacial score (nSPS) is 17.5. The summed E-state index contributed by atoms with van der Waals surface area (Å²) in [5, 5.41) is 11.8. The molecule has 7 nitrogen and oxygen atoms in total. The number of carboxylic acids is 1. The Bertz CT molecular complexity index is 1020. The molecule has 1 aliphatic heterocycles. The molecule has 1 fully saturated rings. The third kappa shape index (κ3) is 6.21. The number of nitrogens with one attached hydrogen (secondary N) is 1. The zero-order valence-electron chi connectivity index (χ0n) is 20.2. The molecule has 1 heterocycles. The van der Waals surface area contributed by atoms with Crippen LogP contribution in [0.1, 0.15) is 56.1 Å². The van der Waals surface area contributed by atoms with Crippen molar-refractivity contribution in [2.45, 2.75) is 44.9 Å². The zero-order chi connectivity index (χ0) is 24.8. The van der Waals surface area contributed by atoms with Gasteiger partial charge in [-0.15, -0.1) is 0 Å². The third-order valence-electron chi connectivity index (χ3n) is 7.20. The van der Waals surface area contributed by atoms with Crippen LogP contribution in [0.3, 0.4) is 0 Å². The maximum absolute atomic E-state index is 12.4. The van der Waals surface area contributed by atoms with Gasteiger partial charge in [0.25, 0.3) is 0 Å². The number of rotatable bonds is 10. The minimum atomic E-state index is -0.804. The highest BCUT2D eigenvalue weighted by atomic mass is 16.5. The van der Waals surface area contributed by atoms with Crippen molar-refractivity contribution in [2.75, 3.05) is 26.2 Å². The number of carbonyl (C=O) groups excluding carboxylic acids is 2. The van der Waals surface area contributed by atoms with Crippen LogP contribution >= 0.6 is 0 Å². The van der Waals surface area contributed by atoms with Crippen molar-refractivity contribution in [3.8, 4) is 11.1 Å². The summed E-state index contributed by atoms with van der Waals surface area (Å²) in [4.78, 5) is 37.4. The number of hydrogen-bond acceptors (Lipinski definition) is 4. The molecule has 4 rings (SSSR count). The van der Waals surface area contributed by atoms with E-state index in [0.29, 0.717) is 32.7 Å². The first-order valence-corrected chi connectivity index (χ1v) is 12.5. The lowest BCUT2D eigenvalue weighted by molar-refractivity contribution is -0.138. The molecule has 186 valence electrons. The minimum absolute atomic E-state index is 0.0405. The molecule has 35 heavy (non-hydrogen) atoms. The quantitative estimate of drug-likeness (QED) is 0.518. The summed E-state index contributed by atoms with van der Waals surface area (Å²) in [6.07, 6.45) is 2.42. The van der Waals surface area contributed by atoms with Crippen LogP contribution in [0.15, 0.2) is 48.5 Å². The molecule has 2 aromatic rings. The summed E-state index contributed by atoms with van der Waals surface area (Å²) in [5.41, 5.74) is 4.78. The molecule has 0 aromatic heterocycles. The van der Waals surface area contributed by atoms with E-state index in [1.165, 1.54) is 22.3 Å². The summed E-state index contributed by atoms with van der Waals surface area (Å²) in [6.45, 7) is 4.06. The Kier molecular flexibility index (Phi) is 8.06. The highest BCUT2D eigenvalue weighted by Gasteiger charge is 2.29. The molecule has 0 bridgehead atoms. The molecular formula is C28H34N2O5. The zero-order valence-corrected chi connectivity index (χ0v) is 20.2. The largest absolute Gasteiger partial charge is 0.481 e. The summed E-state index contributed by atoms with van der Waals surface area (Å²) in [6, 6.07) is 16.5. The Morgan fingerprint density at radius 3 is 2.37 bits per heavy atom. The van der Waals surface area contributed by atoms with Gasteiger partial charge in [0.2, 0.25) is 5.91 Å². The highest BCUT2D eigenvalue weighted by molar-refractivity contribution is 5.79. The fraction of sp³-hybridized carbons (Fsp3) is 0.464. The smallest absolute Gasteiger partial charge is 0.407 e. The average Bonchev–Trinajstić information content (AvgIpc) is 3.43. The van der Waals surface area contributed by atoms with Crippen molar-refractivity contribution >= 4 is 18.0 Å². The topological polar surface area (TPSA) is 95.9 Å². The molecule has 2 aromatic carbocycles. The number of fused-ring (bicyclic) bond motifs is 3. The van der Waals surface area contributed by atoms with Crippen molar-refractivity contribution in [1.82, 2.24) is 10.2 Å². The molecular weight excluding hydrogens is 444 g/mol. The van der Waals surface area contributed by atoms with Crippen LogP contribution in [0.2, 0.25) is 0 Å². The van der Waals surface area contributed by atoms with Gasteiger partial charge in [-0.05, 0) is 53.4 Å². The van der Waals surface area contributed by atoms with Gasteiger partial charge in [-0.1, -0.05) is 55.5 Å². The molecule has 2 atom stereocenters. The predicted molar refractivity (Wildman–Crippen MR) is 133 cm³/mol. The van der Waals surface area contributed by atoms with E-state index in [4.69, 9.17) is 9.84 Å². The van der Waals surface area contributed by atoms with Crippen molar-refractivity contribution in [1.29, 1.82) is 0 Å². The van der Waals surface area contributed by atoms with E-state index in [1.807, 2.05) is 24.3 Å². The van der Waals surface area contributed by atoms with E-state index < -0.39 is 12.1 Å². The molecule has 2 amide bonds. The van der Waals surface area contributed by atoms with Crippen molar-refractivity contribution < 1.29 is 24.2 Å². The fourth-order valence-electron chi connectivity index (χ4n) is 5.22. The van der Waals surface area contributed by atoms with Crippen LogP contribution in [0, 0.1) is 11.8 Å². The number of carboxylic acid groups (broad SMARTS) is 1. The van der Waals surface area contributed by atoms with E-state index in [-0.39, 0.29) is 30.1 Å². The van der Waals surface area contributed by atoms with Gasteiger partial charge in [-0.2, -0.15) is 0 Å². The Balaban J connectivity index is 1.15. The van der Waals surface area contributed by atoms with Gasteiger partial charge in [-0.25, -0.2) is 4.79 Å². The fourth-order valence-corrected chi connectivity index (χ4v) is 5.22. The van der Waals surface area contributed by atoms with E-state index in [9.17, 15) is 14.4 Å². The van der Waals surface area contributed by atoms with Crippen LogP contribution in [-0.2, 0) is 14.3 Å². The number of nitrogens with zero attached hydrogens (tertiary/aromatic N) is 1. The molecule has 7 heteroatoms. The van der Waals surface area contributed by atoms with E-state index in [1.54, 1.807) is 4.90 Å². The Morgan fingerprint density at radius 2 is 1.71 bits per heavy atom. The molecule has 1 saturated heterocycles. The van der Waals surface area contributed by atoms with E-state index in [2.05, 4.69) is 36.5 Å². The number of amides is 2. The summed E-state index contributed by atoms with van der Waals surface area (Å²) in [7, 11) is 0. The van der Waals surface area contributed by atoms with Gasteiger partial charge < -0.3 is 20.1 Å². The first-order valence-electron chi connectivity index (χ1n) is 12.5. The third-order valence-corrected chi connectivity index (χ3v) is 7.20. The van der Waals surface area contributed by atoms with E-state index in [0.717, 1.165) is 19.3 Å². The molecule has 0 spiro atoms. The second-order valence-electron chi connectivity index (χ2n) is 9.78. The summed E-state index contributed by atoms with van der Waals surface area (Å²) in [5.74, 6) is -0.324. The maximum Gasteiger partial charge on any atom is 0.407 e. The molecule has 1 aliphatic carbocycles. The summed E-state index contributed by atoms with van der Waals surface area (Å²) < 4.78 is 5.57. The molecule has 0 saturated carbocycles. The standard InChI is InChI=1S/C28H34N2O5/c1-19(10-11-26(31)30-15-13-20(17-30)16-27(32)33)12-14-29-28(34)35-18-25-23-8-4-2-6-21(23)22-7-3-5-9-24(22)25/h2-9,19-20,25H,10-18H2,1H3,(H,29,34)(H,32,33). The SMILES string of the molecule is CC(CCNC(=O)OCC1c2ccccc2-c2ccccc21)CCC(=O)N1CCC(CC(=O)O)C1. The number of benzene rings is 2. The first-order chi connectivity index (χ1) is 16.9. The van der Waals surface area contributed by atoms with Gasteiger partial charge in [0.15, 0.2) is 0 Å². The number of carbonyl (C=O) groups is 3. The number of hydrogen-bond donors (Lipinski definition) is 2. The van der Waals surface area contributed by atoms with Crippen molar-refractivity contribution in [3.05, 3.63) is 59.7 Å². The highest BCUT2D eigenvalue weighted by Crippen LogP contribution is 2.44. The second kappa shape index (κ2) is 11.4. The van der Waals surface area contributed by atoms with E-state index >= 15 is 0 Å². The maximum atomic E-state index is 12.4. The lowest BCUT2D eigenvalue weighted by Gasteiger charge is -2.18. The average molecular weight is 479 g/mol. The van der Waals surface area contributed by atoms with Crippen LogP contribution < -0.4 is 5.32 Å². The monoisotopic (exact) mass is 478 g/mol.